The van der Waals surface area contributed by atoms with Crippen molar-refractivity contribution >= 4 is 23.6 Å². The zero-order chi connectivity index (χ0) is 29.1. The number of nitrogens with two attached hydrogens (primary N) is 1. The zero-order valence-electron chi connectivity index (χ0n) is 24.7. The number of carbonyl (C=O) groups is 4. The highest BCUT2D eigenvalue weighted by Gasteiger charge is 2.21. The molecule has 5 N–H and O–H groups in total. The van der Waals surface area contributed by atoms with Crippen LogP contribution in [0, 0.1) is 11.8 Å². The van der Waals surface area contributed by atoms with Gasteiger partial charge in [0.15, 0.2) is 0 Å². The van der Waals surface area contributed by atoms with E-state index in [0.717, 1.165) is 44.9 Å². The monoisotopic (exact) mass is 554 g/mol. The van der Waals surface area contributed by atoms with Crippen LogP contribution in [0.25, 0.3) is 0 Å². The van der Waals surface area contributed by atoms with E-state index in [0.29, 0.717) is 25.8 Å². The summed E-state index contributed by atoms with van der Waals surface area (Å²) in [6.45, 7) is 2.05. The molecule has 0 aromatic rings. The molecule has 2 amide bonds. The lowest BCUT2D eigenvalue weighted by Crippen LogP contribution is -2.30. The molecule has 0 heterocycles. The highest BCUT2D eigenvalue weighted by atomic mass is 16.4. The highest BCUT2D eigenvalue weighted by molar-refractivity contribution is 5.87. The van der Waals surface area contributed by atoms with Crippen LogP contribution in [0.2, 0.25) is 0 Å². The summed E-state index contributed by atoms with van der Waals surface area (Å²) < 4.78 is 0. The van der Waals surface area contributed by atoms with Crippen LogP contribution in [0.3, 0.4) is 0 Å². The standard InChI is InChI=1S/C31H58N2O6/c1-26(28(35)24-27(25-34)31(32)39)20-18-19-23-33-29(36)21-16-14-12-10-8-6-4-2-3-5-7-9-11-13-15-17-22-30(37)38/h26-27,34H,2-25H2,1H3,(H2,32,39)(H,33,36)(H,37,38)/t26-,27+/m1/s1. The van der Waals surface area contributed by atoms with Gasteiger partial charge in [-0.15, -0.1) is 0 Å². The third-order valence-electron chi connectivity index (χ3n) is 7.55. The number of aliphatic carboxylic acids is 1. The second-order valence-electron chi connectivity index (χ2n) is 11.2. The van der Waals surface area contributed by atoms with Crippen LogP contribution in [0.5, 0.6) is 0 Å². The maximum atomic E-state index is 12.1. The summed E-state index contributed by atoms with van der Waals surface area (Å²) in [5, 5.41) is 20.7. The molecule has 8 nitrogen and oxygen atoms in total. The van der Waals surface area contributed by atoms with Crippen molar-refractivity contribution < 1.29 is 29.4 Å². The number of aliphatic hydroxyl groups excluding tert-OH is 1. The normalized spacial score (nSPS) is 12.7. The van der Waals surface area contributed by atoms with Crippen LogP contribution in [0.4, 0.5) is 0 Å². The van der Waals surface area contributed by atoms with E-state index >= 15 is 0 Å². The topological polar surface area (TPSA) is 147 Å². The minimum absolute atomic E-state index is 0.00840. The van der Waals surface area contributed by atoms with Gasteiger partial charge < -0.3 is 21.3 Å². The zero-order valence-corrected chi connectivity index (χ0v) is 24.7. The van der Waals surface area contributed by atoms with Gasteiger partial charge in [-0.05, 0) is 25.7 Å². The summed E-state index contributed by atoms with van der Waals surface area (Å²) in [4.78, 5) is 45.7. The summed E-state index contributed by atoms with van der Waals surface area (Å²) in [6, 6.07) is 0. The van der Waals surface area contributed by atoms with Gasteiger partial charge in [-0.25, -0.2) is 0 Å². The van der Waals surface area contributed by atoms with Crippen molar-refractivity contribution in [1.29, 1.82) is 0 Å². The summed E-state index contributed by atoms with van der Waals surface area (Å²) in [5.41, 5.74) is 5.18. The number of carbonyl (C=O) groups excluding carboxylic acids is 3. The number of amides is 2. The Bertz CT molecular complexity index is 655. The Kier molecular flexibility index (Phi) is 25.0. The Balaban J connectivity index is 3.40. The molecule has 0 aromatic heterocycles. The number of ketones is 1. The first-order chi connectivity index (χ1) is 18.8. The van der Waals surface area contributed by atoms with Crippen molar-refractivity contribution in [3.8, 4) is 0 Å². The molecule has 0 saturated heterocycles. The third-order valence-corrected chi connectivity index (χ3v) is 7.55. The average molecular weight is 555 g/mol. The summed E-state index contributed by atoms with van der Waals surface area (Å²) >= 11 is 0. The third kappa shape index (κ3) is 24.8. The summed E-state index contributed by atoms with van der Waals surface area (Å²) in [6.07, 6.45) is 22.4. The van der Waals surface area contributed by atoms with E-state index in [9.17, 15) is 19.2 Å². The Morgan fingerprint density at radius 2 is 1.10 bits per heavy atom. The van der Waals surface area contributed by atoms with Crippen molar-refractivity contribution in [2.45, 2.75) is 148 Å². The van der Waals surface area contributed by atoms with Gasteiger partial charge in [0.25, 0.3) is 0 Å². The fraction of sp³-hybridized carbons (Fsp3) is 0.871. The van der Waals surface area contributed by atoms with Crippen LogP contribution in [0.1, 0.15) is 148 Å². The lowest BCUT2D eigenvalue weighted by atomic mass is 9.92. The quantitative estimate of drug-likeness (QED) is 0.0825. The number of Topliss-reactive ketones (excluding diaryl/α,β-unsaturated/α-hetero) is 1. The fourth-order valence-corrected chi connectivity index (χ4v) is 4.79. The van der Waals surface area contributed by atoms with Crippen LogP contribution in [-0.2, 0) is 19.2 Å². The predicted octanol–water partition coefficient (Wildman–Crippen LogP) is 6.07. The van der Waals surface area contributed by atoms with Gasteiger partial charge in [-0.2, -0.15) is 0 Å². The molecule has 0 radical (unpaired) electrons. The molecule has 0 aromatic carbocycles. The SMILES string of the molecule is C[C@H](CCCCNC(=O)CCCCCCCCCCCCCCCCCCC(=O)O)C(=O)C[C@@H](CO)C(N)=O. The number of rotatable bonds is 29. The van der Waals surface area contributed by atoms with Gasteiger partial charge >= 0.3 is 5.97 Å². The van der Waals surface area contributed by atoms with Gasteiger partial charge in [0.05, 0.1) is 12.5 Å². The molecule has 39 heavy (non-hydrogen) atoms. The molecule has 0 aliphatic rings. The fourth-order valence-electron chi connectivity index (χ4n) is 4.79. The number of aliphatic hydroxyl groups is 1. The molecule has 0 aliphatic carbocycles. The molecule has 0 unspecified atom stereocenters. The van der Waals surface area contributed by atoms with E-state index in [4.69, 9.17) is 15.9 Å². The second-order valence-corrected chi connectivity index (χ2v) is 11.2. The number of primary amides is 1. The van der Waals surface area contributed by atoms with Gasteiger partial charge in [-0.3, -0.25) is 19.2 Å². The minimum Gasteiger partial charge on any atom is -0.481 e. The van der Waals surface area contributed by atoms with Gasteiger partial charge in [0, 0.05) is 31.7 Å². The lowest BCUT2D eigenvalue weighted by Gasteiger charge is -2.14. The van der Waals surface area contributed by atoms with E-state index < -0.39 is 24.4 Å². The van der Waals surface area contributed by atoms with Gasteiger partial charge in [-0.1, -0.05) is 103 Å². The first-order valence-corrected chi connectivity index (χ1v) is 15.7. The molecule has 2 atom stereocenters. The van der Waals surface area contributed by atoms with Crippen molar-refractivity contribution in [3.05, 3.63) is 0 Å². The number of hydrogen-bond donors (Lipinski definition) is 4. The lowest BCUT2D eigenvalue weighted by molar-refractivity contribution is -0.137. The Morgan fingerprint density at radius 1 is 0.667 bits per heavy atom. The maximum Gasteiger partial charge on any atom is 0.303 e. The minimum atomic E-state index is -0.799. The maximum absolute atomic E-state index is 12.1. The van der Waals surface area contributed by atoms with E-state index in [2.05, 4.69) is 5.32 Å². The molecular formula is C31H58N2O6. The van der Waals surface area contributed by atoms with Crippen LogP contribution in [0.15, 0.2) is 0 Å². The second kappa shape index (κ2) is 26.3. The molecule has 0 rings (SSSR count). The van der Waals surface area contributed by atoms with Gasteiger partial charge in [0.1, 0.15) is 5.78 Å². The van der Waals surface area contributed by atoms with Crippen LogP contribution in [-0.4, -0.2) is 46.9 Å². The van der Waals surface area contributed by atoms with E-state index in [1.807, 2.05) is 6.92 Å². The average Bonchev–Trinajstić information content (AvgIpc) is 2.90. The smallest absolute Gasteiger partial charge is 0.303 e. The molecule has 8 heteroatoms. The molecule has 0 fully saturated rings. The van der Waals surface area contributed by atoms with Crippen molar-refractivity contribution in [2.24, 2.45) is 17.6 Å². The molecule has 0 bridgehead atoms. The van der Waals surface area contributed by atoms with Crippen molar-refractivity contribution in [3.63, 3.8) is 0 Å². The van der Waals surface area contributed by atoms with Gasteiger partial charge in [0.2, 0.25) is 11.8 Å². The van der Waals surface area contributed by atoms with Crippen molar-refractivity contribution in [2.75, 3.05) is 13.2 Å². The number of carboxylic acids is 1. The molecular weight excluding hydrogens is 496 g/mol. The number of hydrogen-bond acceptors (Lipinski definition) is 5. The van der Waals surface area contributed by atoms with Crippen LogP contribution >= 0.6 is 0 Å². The Hall–Kier alpha value is -1.96. The summed E-state index contributed by atoms with van der Waals surface area (Å²) in [7, 11) is 0. The van der Waals surface area contributed by atoms with E-state index in [-0.39, 0.29) is 24.0 Å². The predicted molar refractivity (Wildman–Crippen MR) is 156 cm³/mol. The number of unbranched alkanes of at least 4 members (excludes halogenated alkanes) is 16. The Labute approximate surface area is 237 Å². The van der Waals surface area contributed by atoms with E-state index in [1.54, 1.807) is 0 Å². The summed E-state index contributed by atoms with van der Waals surface area (Å²) in [5.74, 6) is -2.26. The molecule has 0 spiro atoms. The number of carboxylic acid groups (broad SMARTS) is 1. The first-order valence-electron chi connectivity index (χ1n) is 15.7. The first kappa shape index (κ1) is 37.0. The molecule has 0 aliphatic heterocycles. The largest absolute Gasteiger partial charge is 0.481 e. The Morgan fingerprint density at radius 3 is 1.51 bits per heavy atom. The van der Waals surface area contributed by atoms with Crippen molar-refractivity contribution in [1.82, 2.24) is 5.32 Å². The molecule has 0 saturated carbocycles. The molecule has 228 valence electrons. The van der Waals surface area contributed by atoms with E-state index in [1.165, 1.54) is 70.6 Å². The highest BCUT2D eigenvalue weighted by Crippen LogP contribution is 2.16. The van der Waals surface area contributed by atoms with Crippen LogP contribution < -0.4 is 11.1 Å². The number of nitrogens with one attached hydrogen (secondary N) is 1.